The van der Waals surface area contributed by atoms with Gasteiger partial charge in [-0.25, -0.2) is 0 Å². The van der Waals surface area contributed by atoms with Crippen molar-refractivity contribution in [1.82, 2.24) is 5.32 Å². The number of hydrogen-bond acceptors (Lipinski definition) is 2. The lowest BCUT2D eigenvalue weighted by molar-refractivity contribution is 0.261. The molecule has 0 spiro atoms. The number of rotatable bonds is 6. The van der Waals surface area contributed by atoms with Gasteiger partial charge in [0.25, 0.3) is 0 Å². The molecule has 1 atom stereocenters. The Labute approximate surface area is 73.3 Å². The molecule has 0 fully saturated rings. The van der Waals surface area contributed by atoms with Crippen LogP contribution in [0.15, 0.2) is 11.6 Å². The van der Waals surface area contributed by atoms with Crippen LogP contribution in [0.2, 0.25) is 0 Å². The van der Waals surface area contributed by atoms with Gasteiger partial charge in [0, 0.05) is 18.7 Å². The van der Waals surface area contributed by atoms with Crippen LogP contribution in [0, 0.1) is 5.92 Å². The predicted octanol–water partition coefficient (Wildman–Crippen LogP) is 1.35. The fourth-order valence-electron chi connectivity index (χ4n) is 0.780. The van der Waals surface area contributed by atoms with E-state index in [1.807, 2.05) is 6.08 Å². The molecule has 0 rings (SSSR count). The van der Waals surface area contributed by atoms with Gasteiger partial charge in [-0.1, -0.05) is 24.6 Å². The van der Waals surface area contributed by atoms with E-state index in [2.05, 4.69) is 12.2 Å². The number of aliphatic hydroxyl groups is 1. The largest absolute Gasteiger partial charge is 0.396 e. The van der Waals surface area contributed by atoms with Crippen molar-refractivity contribution in [2.45, 2.75) is 13.3 Å². The molecule has 0 aromatic carbocycles. The van der Waals surface area contributed by atoms with Crippen LogP contribution in [0.1, 0.15) is 13.3 Å². The van der Waals surface area contributed by atoms with Crippen molar-refractivity contribution in [2.24, 2.45) is 5.92 Å². The summed E-state index contributed by atoms with van der Waals surface area (Å²) in [5.41, 5.74) is 1.50. The summed E-state index contributed by atoms with van der Waals surface area (Å²) in [7, 11) is 0. The summed E-state index contributed by atoms with van der Waals surface area (Å²) >= 11 is 5.32. The first-order chi connectivity index (χ1) is 5.31. The highest BCUT2D eigenvalue weighted by molar-refractivity contribution is 6.25. The molecular weight excluding hydrogens is 162 g/mol. The zero-order chi connectivity index (χ0) is 8.53. The summed E-state index contributed by atoms with van der Waals surface area (Å²) in [6, 6.07) is 0. The molecule has 0 saturated heterocycles. The molecule has 0 bridgehead atoms. The molecule has 0 aromatic rings. The van der Waals surface area contributed by atoms with Crippen molar-refractivity contribution in [3.05, 3.63) is 11.6 Å². The molecule has 3 heteroatoms. The lowest BCUT2D eigenvalue weighted by Gasteiger charge is -2.08. The second kappa shape index (κ2) is 8.05. The van der Waals surface area contributed by atoms with E-state index >= 15 is 0 Å². The maximum Gasteiger partial charge on any atom is 0.0434 e. The summed E-state index contributed by atoms with van der Waals surface area (Å²) in [5.74, 6) is 0.531. The second-order valence-corrected chi connectivity index (χ2v) is 2.89. The zero-order valence-corrected chi connectivity index (χ0v) is 7.64. The molecule has 0 aliphatic carbocycles. The Kier molecular flexibility index (Phi) is 8.01. The molecular formula is C8H16ClNO. The minimum atomic E-state index is 0.272. The van der Waals surface area contributed by atoms with Crippen molar-refractivity contribution >= 4 is 11.6 Å². The third-order valence-electron chi connectivity index (χ3n) is 1.47. The third-order valence-corrected chi connectivity index (χ3v) is 1.64. The first kappa shape index (κ1) is 11.0. The Morgan fingerprint density at radius 1 is 1.64 bits per heavy atom. The molecule has 0 aromatic heterocycles. The van der Waals surface area contributed by atoms with Gasteiger partial charge in [-0.05, 0) is 18.9 Å². The van der Waals surface area contributed by atoms with Gasteiger partial charge in [-0.15, -0.1) is 0 Å². The van der Waals surface area contributed by atoms with Gasteiger partial charge in [0.2, 0.25) is 0 Å². The van der Waals surface area contributed by atoms with E-state index in [9.17, 15) is 0 Å². The van der Waals surface area contributed by atoms with Gasteiger partial charge >= 0.3 is 0 Å². The minimum Gasteiger partial charge on any atom is -0.396 e. The average Bonchev–Trinajstić information content (AvgIpc) is 1.99. The van der Waals surface area contributed by atoms with Crippen molar-refractivity contribution in [1.29, 1.82) is 0 Å². The normalized spacial score (nSPS) is 14.1. The maximum atomic E-state index is 8.58. The summed E-state index contributed by atoms with van der Waals surface area (Å²) < 4.78 is 0. The molecule has 11 heavy (non-hydrogen) atoms. The first-order valence-corrected chi connectivity index (χ1v) is 4.31. The van der Waals surface area contributed by atoms with Crippen LogP contribution < -0.4 is 5.32 Å². The third kappa shape index (κ3) is 7.85. The molecule has 1 unspecified atom stereocenters. The standard InChI is InChI=1S/C8H16ClNO/c1-8(3-6-11)7-10-5-2-4-9/h2,4,8,10-11H,3,5-7H2,1H3/b4-2+. The highest BCUT2D eigenvalue weighted by Gasteiger charge is 1.97. The van der Waals surface area contributed by atoms with E-state index in [4.69, 9.17) is 16.7 Å². The van der Waals surface area contributed by atoms with Crippen LogP contribution >= 0.6 is 11.6 Å². The van der Waals surface area contributed by atoms with Crippen LogP contribution in [0.25, 0.3) is 0 Å². The number of aliphatic hydroxyl groups excluding tert-OH is 1. The van der Waals surface area contributed by atoms with E-state index < -0.39 is 0 Å². The predicted molar refractivity (Wildman–Crippen MR) is 48.7 cm³/mol. The number of halogens is 1. The van der Waals surface area contributed by atoms with Crippen molar-refractivity contribution in [2.75, 3.05) is 19.7 Å². The fourth-order valence-corrected chi connectivity index (χ4v) is 0.869. The average molecular weight is 178 g/mol. The van der Waals surface area contributed by atoms with Gasteiger partial charge in [0.05, 0.1) is 0 Å². The van der Waals surface area contributed by atoms with Gasteiger partial charge in [0.15, 0.2) is 0 Å². The smallest absolute Gasteiger partial charge is 0.0434 e. The van der Waals surface area contributed by atoms with Crippen LogP contribution in [0.4, 0.5) is 0 Å². The monoisotopic (exact) mass is 177 g/mol. The fraction of sp³-hybridized carbons (Fsp3) is 0.750. The van der Waals surface area contributed by atoms with E-state index in [1.54, 1.807) is 0 Å². The van der Waals surface area contributed by atoms with E-state index in [1.165, 1.54) is 5.54 Å². The van der Waals surface area contributed by atoms with Crippen molar-refractivity contribution in [3.63, 3.8) is 0 Å². The van der Waals surface area contributed by atoms with Gasteiger partial charge in [-0.2, -0.15) is 0 Å². The molecule has 2 N–H and O–H groups in total. The van der Waals surface area contributed by atoms with Crippen molar-refractivity contribution in [3.8, 4) is 0 Å². The lowest BCUT2D eigenvalue weighted by atomic mass is 10.1. The molecule has 2 nitrogen and oxygen atoms in total. The Morgan fingerprint density at radius 3 is 2.91 bits per heavy atom. The Bertz CT molecular complexity index is 106. The second-order valence-electron chi connectivity index (χ2n) is 2.64. The highest BCUT2D eigenvalue weighted by Crippen LogP contribution is 1.97. The summed E-state index contributed by atoms with van der Waals surface area (Å²) in [6.45, 7) is 4.11. The molecule has 0 aliphatic heterocycles. The highest BCUT2D eigenvalue weighted by atomic mass is 35.5. The summed E-state index contributed by atoms with van der Waals surface area (Å²) in [4.78, 5) is 0. The number of hydrogen-bond donors (Lipinski definition) is 2. The van der Waals surface area contributed by atoms with Gasteiger partial charge in [-0.3, -0.25) is 0 Å². The van der Waals surface area contributed by atoms with Crippen molar-refractivity contribution < 1.29 is 5.11 Å². The zero-order valence-electron chi connectivity index (χ0n) is 6.89. The first-order valence-electron chi connectivity index (χ1n) is 3.88. The molecule has 66 valence electrons. The van der Waals surface area contributed by atoms with Gasteiger partial charge < -0.3 is 10.4 Å². The minimum absolute atomic E-state index is 0.272. The quantitative estimate of drug-likeness (QED) is 0.601. The van der Waals surface area contributed by atoms with Crippen LogP contribution in [0.3, 0.4) is 0 Å². The van der Waals surface area contributed by atoms with Crippen LogP contribution in [0.5, 0.6) is 0 Å². The lowest BCUT2D eigenvalue weighted by Crippen LogP contribution is -2.21. The van der Waals surface area contributed by atoms with E-state index in [0.29, 0.717) is 5.92 Å². The molecule has 0 amide bonds. The van der Waals surface area contributed by atoms with Crippen LogP contribution in [-0.4, -0.2) is 24.8 Å². The molecule has 0 radical (unpaired) electrons. The number of nitrogens with one attached hydrogen (secondary N) is 1. The van der Waals surface area contributed by atoms with Crippen LogP contribution in [-0.2, 0) is 0 Å². The maximum absolute atomic E-state index is 8.58. The summed E-state index contributed by atoms with van der Waals surface area (Å²) in [5, 5.41) is 11.8. The molecule has 0 aliphatic rings. The van der Waals surface area contributed by atoms with Gasteiger partial charge in [0.1, 0.15) is 0 Å². The molecule has 0 heterocycles. The summed E-state index contributed by atoms with van der Waals surface area (Å²) in [6.07, 6.45) is 2.71. The molecule has 0 saturated carbocycles. The van der Waals surface area contributed by atoms with E-state index in [-0.39, 0.29) is 6.61 Å². The Hall–Kier alpha value is -0.0500. The van der Waals surface area contributed by atoms with E-state index in [0.717, 1.165) is 19.5 Å². The SMILES string of the molecule is CC(CCO)CNC/C=C/Cl. The Balaban J connectivity index is 3.10. The Morgan fingerprint density at radius 2 is 2.36 bits per heavy atom. The topological polar surface area (TPSA) is 32.3 Å².